The minimum Gasteiger partial charge on any atom is -0.481 e. The van der Waals surface area contributed by atoms with Gasteiger partial charge in [0.15, 0.2) is 0 Å². The van der Waals surface area contributed by atoms with Gasteiger partial charge in [-0.3, -0.25) is 9.59 Å². The van der Waals surface area contributed by atoms with Crippen molar-refractivity contribution in [2.45, 2.75) is 38.6 Å². The van der Waals surface area contributed by atoms with Gasteiger partial charge in [0.25, 0.3) is 0 Å². The fourth-order valence-electron chi connectivity index (χ4n) is 3.27. The number of hydrogen-bond acceptors (Lipinski definition) is 2. The van der Waals surface area contributed by atoms with Gasteiger partial charge in [0.05, 0.1) is 5.41 Å². The first kappa shape index (κ1) is 15.6. The Kier molecular flexibility index (Phi) is 4.08. The van der Waals surface area contributed by atoms with Crippen molar-refractivity contribution in [3.05, 3.63) is 33.3 Å². The monoisotopic (exact) mass is 341 g/mol. The van der Waals surface area contributed by atoms with Crippen LogP contribution in [0.15, 0.2) is 12.1 Å². The number of carbonyl (C=O) groups is 2. The first-order chi connectivity index (χ1) is 10.4. The third-order valence-electron chi connectivity index (χ3n) is 4.86. The van der Waals surface area contributed by atoms with Crippen molar-refractivity contribution in [2.24, 2.45) is 5.41 Å². The highest BCUT2D eigenvalue weighted by molar-refractivity contribution is 6.35. The average Bonchev–Trinajstić information content (AvgIpc) is 2.41. The molecule has 2 aliphatic rings. The van der Waals surface area contributed by atoms with Crippen molar-refractivity contribution >= 4 is 35.1 Å². The number of halogens is 2. The number of carboxylic acid groups (broad SMARTS) is 1. The van der Waals surface area contributed by atoms with Gasteiger partial charge < -0.3 is 10.0 Å². The molecule has 1 heterocycles. The molecule has 22 heavy (non-hydrogen) atoms. The summed E-state index contributed by atoms with van der Waals surface area (Å²) in [7, 11) is 0. The van der Waals surface area contributed by atoms with E-state index in [1.807, 2.05) is 6.07 Å². The van der Waals surface area contributed by atoms with Crippen LogP contribution in [0, 0.1) is 5.41 Å². The molecule has 0 bridgehead atoms. The minimum atomic E-state index is -0.852. The Bertz CT molecular complexity index is 641. The van der Waals surface area contributed by atoms with Gasteiger partial charge in [-0.15, -0.1) is 0 Å². The Labute approximate surface area is 139 Å². The smallest absolute Gasteiger partial charge is 0.310 e. The van der Waals surface area contributed by atoms with Crippen molar-refractivity contribution < 1.29 is 14.7 Å². The zero-order chi connectivity index (χ0) is 15.9. The highest BCUT2D eigenvalue weighted by Crippen LogP contribution is 2.45. The van der Waals surface area contributed by atoms with E-state index in [4.69, 9.17) is 23.2 Å². The Morgan fingerprint density at radius 3 is 2.59 bits per heavy atom. The van der Waals surface area contributed by atoms with Crippen LogP contribution >= 0.6 is 23.2 Å². The first-order valence-electron chi connectivity index (χ1n) is 7.39. The van der Waals surface area contributed by atoms with Crippen molar-refractivity contribution in [1.82, 2.24) is 4.90 Å². The van der Waals surface area contributed by atoms with E-state index < -0.39 is 11.4 Å². The summed E-state index contributed by atoms with van der Waals surface area (Å²) < 4.78 is 0. The molecule has 1 saturated carbocycles. The van der Waals surface area contributed by atoms with Gasteiger partial charge >= 0.3 is 5.97 Å². The molecule has 6 heteroatoms. The van der Waals surface area contributed by atoms with E-state index >= 15 is 0 Å². The van der Waals surface area contributed by atoms with E-state index in [2.05, 4.69) is 0 Å². The van der Waals surface area contributed by atoms with Gasteiger partial charge in [-0.2, -0.15) is 0 Å². The molecule has 1 fully saturated rings. The Morgan fingerprint density at radius 2 is 2.00 bits per heavy atom. The molecule has 0 spiro atoms. The van der Waals surface area contributed by atoms with Gasteiger partial charge in [-0.05, 0) is 42.5 Å². The lowest BCUT2D eigenvalue weighted by atomic mass is 9.66. The molecule has 0 aromatic heterocycles. The van der Waals surface area contributed by atoms with Crippen LogP contribution in [0.5, 0.6) is 0 Å². The van der Waals surface area contributed by atoms with Crippen LogP contribution in [0.3, 0.4) is 0 Å². The molecule has 3 rings (SSSR count). The van der Waals surface area contributed by atoms with Crippen molar-refractivity contribution in [3.8, 4) is 0 Å². The quantitative estimate of drug-likeness (QED) is 0.914. The molecule has 1 aliphatic heterocycles. The molecule has 118 valence electrons. The summed E-state index contributed by atoms with van der Waals surface area (Å²) in [5.41, 5.74) is 1.14. The third kappa shape index (κ3) is 2.70. The maximum absolute atomic E-state index is 12.5. The van der Waals surface area contributed by atoms with Crippen LogP contribution in [0.2, 0.25) is 10.0 Å². The molecule has 0 radical (unpaired) electrons. The SMILES string of the molecule is O=C(CC1(C(=O)O)CCC1)N1CCc2cc(Cl)cc(Cl)c2C1. The van der Waals surface area contributed by atoms with E-state index in [1.165, 1.54) is 0 Å². The number of hydrogen-bond donors (Lipinski definition) is 1. The summed E-state index contributed by atoms with van der Waals surface area (Å²) in [5, 5.41) is 10.5. The summed E-state index contributed by atoms with van der Waals surface area (Å²) >= 11 is 12.2. The number of aliphatic carboxylic acids is 1. The number of benzene rings is 1. The fraction of sp³-hybridized carbons (Fsp3) is 0.500. The molecule has 1 N–H and O–H groups in total. The van der Waals surface area contributed by atoms with E-state index in [9.17, 15) is 14.7 Å². The summed E-state index contributed by atoms with van der Waals surface area (Å²) in [4.78, 5) is 25.6. The molecule has 1 aliphatic carbocycles. The molecule has 0 unspecified atom stereocenters. The maximum atomic E-state index is 12.5. The lowest BCUT2D eigenvalue weighted by Crippen LogP contribution is -2.45. The highest BCUT2D eigenvalue weighted by Gasteiger charge is 2.46. The topological polar surface area (TPSA) is 57.6 Å². The molecule has 1 aromatic rings. The summed E-state index contributed by atoms with van der Waals surface area (Å²) in [6.07, 6.45) is 2.85. The van der Waals surface area contributed by atoms with Crippen LogP contribution in [0.4, 0.5) is 0 Å². The fourth-order valence-corrected chi connectivity index (χ4v) is 3.86. The Balaban J connectivity index is 1.74. The van der Waals surface area contributed by atoms with Crippen molar-refractivity contribution in [2.75, 3.05) is 6.54 Å². The van der Waals surface area contributed by atoms with Crippen LogP contribution in [-0.4, -0.2) is 28.4 Å². The second-order valence-corrected chi connectivity index (χ2v) is 7.05. The molecular formula is C16H17Cl2NO3. The lowest BCUT2D eigenvalue weighted by molar-refractivity contribution is -0.159. The number of carboxylic acids is 1. The van der Waals surface area contributed by atoms with Crippen molar-refractivity contribution in [3.63, 3.8) is 0 Å². The minimum absolute atomic E-state index is 0.0862. The third-order valence-corrected chi connectivity index (χ3v) is 5.41. The second kappa shape index (κ2) is 5.74. The summed E-state index contributed by atoms with van der Waals surface area (Å²) in [6.45, 7) is 1.01. The predicted octanol–water partition coefficient (Wildman–Crippen LogP) is 3.52. The molecule has 0 atom stereocenters. The maximum Gasteiger partial charge on any atom is 0.310 e. The largest absolute Gasteiger partial charge is 0.481 e. The van der Waals surface area contributed by atoms with Crippen LogP contribution in [0.25, 0.3) is 0 Å². The van der Waals surface area contributed by atoms with Gasteiger partial charge in [0.1, 0.15) is 0 Å². The van der Waals surface area contributed by atoms with Gasteiger partial charge in [-0.1, -0.05) is 29.6 Å². The second-order valence-electron chi connectivity index (χ2n) is 6.21. The molecule has 4 nitrogen and oxygen atoms in total. The number of amides is 1. The zero-order valence-corrected chi connectivity index (χ0v) is 13.6. The van der Waals surface area contributed by atoms with Gasteiger partial charge in [0.2, 0.25) is 5.91 Å². The number of rotatable bonds is 3. The lowest BCUT2D eigenvalue weighted by Gasteiger charge is -2.39. The highest BCUT2D eigenvalue weighted by atomic mass is 35.5. The zero-order valence-electron chi connectivity index (χ0n) is 12.1. The van der Waals surface area contributed by atoms with Crippen LogP contribution in [0.1, 0.15) is 36.8 Å². The summed E-state index contributed by atoms with van der Waals surface area (Å²) in [6, 6.07) is 3.57. The van der Waals surface area contributed by atoms with E-state index in [1.54, 1.807) is 11.0 Å². The standard InChI is InChI=1S/C16H17Cl2NO3/c17-11-6-10-2-5-19(9-12(10)13(18)7-11)14(20)8-16(15(21)22)3-1-4-16/h6-7H,1-5,8-9H2,(H,21,22). The molecule has 0 saturated heterocycles. The Morgan fingerprint density at radius 1 is 1.27 bits per heavy atom. The summed E-state index contributed by atoms with van der Waals surface area (Å²) in [5.74, 6) is -0.951. The van der Waals surface area contributed by atoms with E-state index in [0.717, 1.165) is 17.5 Å². The van der Waals surface area contributed by atoms with E-state index in [-0.39, 0.29) is 12.3 Å². The molecule has 1 aromatic carbocycles. The molecule has 1 amide bonds. The first-order valence-corrected chi connectivity index (χ1v) is 8.15. The van der Waals surface area contributed by atoms with Crippen LogP contribution < -0.4 is 0 Å². The number of nitrogens with zero attached hydrogens (tertiary/aromatic N) is 1. The number of carbonyl (C=O) groups excluding carboxylic acids is 1. The normalized spacial score (nSPS) is 19.3. The number of fused-ring (bicyclic) bond motifs is 1. The Hall–Kier alpha value is -1.26. The van der Waals surface area contributed by atoms with Gasteiger partial charge in [-0.25, -0.2) is 0 Å². The average molecular weight is 342 g/mol. The van der Waals surface area contributed by atoms with E-state index in [0.29, 0.717) is 42.4 Å². The predicted molar refractivity (Wildman–Crippen MR) is 84.1 cm³/mol. The van der Waals surface area contributed by atoms with Crippen LogP contribution in [-0.2, 0) is 22.6 Å². The van der Waals surface area contributed by atoms with Gasteiger partial charge in [0, 0.05) is 29.6 Å². The molecular weight excluding hydrogens is 325 g/mol. The van der Waals surface area contributed by atoms with Crippen molar-refractivity contribution in [1.29, 1.82) is 0 Å².